The van der Waals surface area contributed by atoms with Crippen molar-refractivity contribution in [2.45, 2.75) is 6.04 Å². The van der Waals surface area contributed by atoms with Crippen molar-refractivity contribution in [1.82, 2.24) is 0 Å². The van der Waals surface area contributed by atoms with Crippen LogP contribution in [0.2, 0.25) is 0 Å². The minimum atomic E-state index is -0.131. The van der Waals surface area contributed by atoms with Gasteiger partial charge in [0.15, 0.2) is 0 Å². The monoisotopic (exact) mass is 283 g/mol. The lowest BCUT2D eigenvalue weighted by molar-refractivity contribution is 0.471. The molecule has 1 aromatic heterocycles. The highest BCUT2D eigenvalue weighted by Gasteiger charge is 2.10. The Hall–Kier alpha value is -0.840. The van der Waals surface area contributed by atoms with Gasteiger partial charge in [-0.05, 0) is 56.0 Å². The lowest BCUT2D eigenvalue weighted by atomic mass is 10.0. The normalized spacial score (nSPS) is 12.7. The summed E-state index contributed by atoms with van der Waals surface area (Å²) >= 11 is 4.90. The number of hydrogen-bond donors (Lipinski definition) is 2. The van der Waals surface area contributed by atoms with Gasteiger partial charge in [0, 0.05) is 0 Å². The van der Waals surface area contributed by atoms with Crippen LogP contribution in [0.1, 0.15) is 17.2 Å². The van der Waals surface area contributed by atoms with Crippen molar-refractivity contribution in [3.8, 4) is 5.75 Å². The molecule has 0 spiro atoms. The largest absolute Gasteiger partial charge is 0.507 e. The molecule has 15 heavy (non-hydrogen) atoms. The summed E-state index contributed by atoms with van der Waals surface area (Å²) in [4.78, 5) is 0. The molecule has 2 rings (SSSR count). The molecular formula is C11H10BrNOS. The van der Waals surface area contributed by atoms with E-state index < -0.39 is 0 Å². The molecule has 4 heteroatoms. The first kappa shape index (κ1) is 10.7. The smallest absolute Gasteiger partial charge is 0.129 e. The molecule has 1 aromatic carbocycles. The molecule has 2 aromatic rings. The lowest BCUT2D eigenvalue weighted by Crippen LogP contribution is -2.10. The maximum absolute atomic E-state index is 9.37. The van der Waals surface area contributed by atoms with E-state index in [0.29, 0.717) is 4.47 Å². The van der Waals surface area contributed by atoms with Crippen molar-refractivity contribution >= 4 is 27.3 Å². The third-order valence-electron chi connectivity index (χ3n) is 2.23. The van der Waals surface area contributed by atoms with Crippen molar-refractivity contribution in [3.63, 3.8) is 0 Å². The minimum Gasteiger partial charge on any atom is -0.507 e. The highest BCUT2D eigenvalue weighted by molar-refractivity contribution is 9.10. The molecule has 0 unspecified atom stereocenters. The Balaban J connectivity index is 2.34. The Morgan fingerprint density at radius 2 is 2.07 bits per heavy atom. The quantitative estimate of drug-likeness (QED) is 0.889. The van der Waals surface area contributed by atoms with Crippen molar-refractivity contribution < 1.29 is 5.11 Å². The second kappa shape index (κ2) is 4.35. The van der Waals surface area contributed by atoms with E-state index in [1.165, 1.54) is 0 Å². The Morgan fingerprint density at radius 1 is 1.27 bits per heavy atom. The van der Waals surface area contributed by atoms with Gasteiger partial charge in [0.1, 0.15) is 5.75 Å². The maximum atomic E-state index is 9.37. The average molecular weight is 284 g/mol. The van der Waals surface area contributed by atoms with Crippen LogP contribution in [0, 0.1) is 0 Å². The van der Waals surface area contributed by atoms with E-state index in [1.54, 1.807) is 17.4 Å². The van der Waals surface area contributed by atoms with E-state index in [-0.39, 0.29) is 11.8 Å². The van der Waals surface area contributed by atoms with Crippen LogP contribution in [-0.2, 0) is 0 Å². The van der Waals surface area contributed by atoms with Crippen LogP contribution in [0.3, 0.4) is 0 Å². The zero-order valence-electron chi connectivity index (χ0n) is 7.85. The summed E-state index contributed by atoms with van der Waals surface area (Å²) in [5.74, 6) is 0.233. The number of benzene rings is 1. The van der Waals surface area contributed by atoms with Gasteiger partial charge in [-0.3, -0.25) is 0 Å². The zero-order chi connectivity index (χ0) is 10.8. The molecule has 1 atom stereocenters. The van der Waals surface area contributed by atoms with Crippen LogP contribution < -0.4 is 5.73 Å². The fraction of sp³-hybridized carbons (Fsp3) is 0.0909. The van der Waals surface area contributed by atoms with Crippen LogP contribution in [0.4, 0.5) is 0 Å². The first-order valence-corrected chi connectivity index (χ1v) is 6.18. The van der Waals surface area contributed by atoms with Gasteiger partial charge in [-0.2, -0.15) is 11.3 Å². The molecule has 0 fully saturated rings. The summed E-state index contributed by atoms with van der Waals surface area (Å²) in [6.45, 7) is 0. The van der Waals surface area contributed by atoms with Gasteiger partial charge in [-0.1, -0.05) is 6.07 Å². The van der Waals surface area contributed by atoms with Crippen molar-refractivity contribution in [1.29, 1.82) is 0 Å². The van der Waals surface area contributed by atoms with Gasteiger partial charge in [-0.25, -0.2) is 0 Å². The van der Waals surface area contributed by atoms with E-state index >= 15 is 0 Å². The molecule has 3 N–H and O–H groups in total. The third-order valence-corrected chi connectivity index (χ3v) is 3.57. The number of nitrogens with two attached hydrogens (primary N) is 1. The Bertz CT molecular complexity index is 456. The summed E-state index contributed by atoms with van der Waals surface area (Å²) in [5.41, 5.74) is 8.16. The maximum Gasteiger partial charge on any atom is 0.129 e. The van der Waals surface area contributed by atoms with E-state index in [2.05, 4.69) is 15.9 Å². The average Bonchev–Trinajstić information content (AvgIpc) is 2.74. The summed E-state index contributed by atoms with van der Waals surface area (Å²) in [5, 5.41) is 13.4. The predicted molar refractivity (Wildman–Crippen MR) is 66.2 cm³/mol. The molecule has 0 aliphatic carbocycles. The number of phenols is 1. The van der Waals surface area contributed by atoms with Gasteiger partial charge < -0.3 is 10.8 Å². The molecule has 0 aliphatic rings. The second-order valence-corrected chi connectivity index (χ2v) is 4.88. The number of rotatable bonds is 2. The molecule has 1 heterocycles. The molecule has 0 radical (unpaired) electrons. The molecule has 0 aliphatic heterocycles. The topological polar surface area (TPSA) is 46.2 Å². The first-order valence-electron chi connectivity index (χ1n) is 4.44. The van der Waals surface area contributed by atoms with Crippen LogP contribution in [0.15, 0.2) is 39.5 Å². The second-order valence-electron chi connectivity index (χ2n) is 3.25. The van der Waals surface area contributed by atoms with Gasteiger partial charge in [0.05, 0.1) is 10.5 Å². The first-order chi connectivity index (χ1) is 7.18. The number of aromatic hydroxyl groups is 1. The SMILES string of the molecule is N[C@H](c1ccsc1)c1ccc(O)c(Br)c1. The third kappa shape index (κ3) is 2.22. The molecule has 0 saturated heterocycles. The van der Waals surface area contributed by atoms with Gasteiger partial charge >= 0.3 is 0 Å². The summed E-state index contributed by atoms with van der Waals surface area (Å²) in [6.07, 6.45) is 0. The molecule has 78 valence electrons. The van der Waals surface area contributed by atoms with Crippen molar-refractivity contribution in [2.75, 3.05) is 0 Å². The van der Waals surface area contributed by atoms with Gasteiger partial charge in [0.25, 0.3) is 0 Å². The standard InChI is InChI=1S/C11H10BrNOS/c12-9-5-7(1-2-10(9)14)11(13)8-3-4-15-6-8/h1-6,11,14H,13H2/t11-/m0/s1. The lowest BCUT2D eigenvalue weighted by Gasteiger charge is -2.11. The van der Waals surface area contributed by atoms with Crippen molar-refractivity contribution in [3.05, 3.63) is 50.6 Å². The highest BCUT2D eigenvalue weighted by atomic mass is 79.9. The van der Waals surface area contributed by atoms with E-state index in [1.807, 2.05) is 29.0 Å². The summed E-state index contributed by atoms with van der Waals surface area (Å²) in [6, 6.07) is 7.20. The summed E-state index contributed by atoms with van der Waals surface area (Å²) in [7, 11) is 0. The number of phenolic OH excluding ortho intramolecular Hbond substituents is 1. The fourth-order valence-corrected chi connectivity index (χ4v) is 2.45. The molecule has 0 saturated carbocycles. The van der Waals surface area contributed by atoms with Gasteiger partial charge in [-0.15, -0.1) is 0 Å². The molecular weight excluding hydrogens is 274 g/mol. The number of thiophene rings is 1. The fourth-order valence-electron chi connectivity index (χ4n) is 1.36. The van der Waals surface area contributed by atoms with E-state index in [4.69, 9.17) is 5.73 Å². The summed E-state index contributed by atoms with van der Waals surface area (Å²) < 4.78 is 0.672. The van der Waals surface area contributed by atoms with Crippen molar-refractivity contribution in [2.24, 2.45) is 5.73 Å². The minimum absolute atomic E-state index is 0.131. The number of halogens is 1. The Morgan fingerprint density at radius 3 is 2.67 bits per heavy atom. The highest BCUT2D eigenvalue weighted by Crippen LogP contribution is 2.29. The predicted octanol–water partition coefficient (Wildman–Crippen LogP) is 3.26. The Kier molecular flexibility index (Phi) is 3.09. The van der Waals surface area contributed by atoms with Crippen LogP contribution in [-0.4, -0.2) is 5.11 Å². The van der Waals surface area contributed by atoms with Crippen LogP contribution in [0.5, 0.6) is 5.75 Å². The van der Waals surface area contributed by atoms with Crippen LogP contribution in [0.25, 0.3) is 0 Å². The van der Waals surface area contributed by atoms with E-state index in [0.717, 1.165) is 11.1 Å². The zero-order valence-corrected chi connectivity index (χ0v) is 10.3. The Labute approximate surface area is 100 Å². The number of hydrogen-bond acceptors (Lipinski definition) is 3. The molecule has 0 amide bonds. The van der Waals surface area contributed by atoms with E-state index in [9.17, 15) is 5.11 Å². The van der Waals surface area contributed by atoms with Crippen LogP contribution >= 0.6 is 27.3 Å². The molecule has 0 bridgehead atoms. The molecule has 2 nitrogen and oxygen atoms in total. The van der Waals surface area contributed by atoms with Gasteiger partial charge in [0.2, 0.25) is 0 Å².